The van der Waals surface area contributed by atoms with E-state index in [0.717, 1.165) is 5.69 Å². The molecular weight excluding hydrogens is 268 g/mol. The predicted molar refractivity (Wildman–Crippen MR) is 82.9 cm³/mol. The molecule has 20 heavy (non-hydrogen) atoms. The van der Waals surface area contributed by atoms with E-state index in [9.17, 15) is 0 Å². The van der Waals surface area contributed by atoms with Gasteiger partial charge in [0, 0.05) is 11.7 Å². The van der Waals surface area contributed by atoms with E-state index in [4.69, 9.17) is 16.9 Å². The molecule has 1 aromatic carbocycles. The molecule has 106 valence electrons. The molecule has 2 aliphatic carbocycles. The summed E-state index contributed by atoms with van der Waals surface area (Å²) in [6.45, 7) is 0. The minimum Gasteiger partial charge on any atom is -0.382 e. The standard InChI is InChI=1S/C17H21ClN2/c18-16-11-15(4-3-13(16)12-19)20-14-5-9-17(10-6-14)7-1-2-8-17/h3-4,11,14,20H,1-2,5-10H2. The summed E-state index contributed by atoms with van der Waals surface area (Å²) in [5.41, 5.74) is 2.27. The van der Waals surface area contributed by atoms with Crippen molar-refractivity contribution in [2.45, 2.75) is 57.4 Å². The van der Waals surface area contributed by atoms with Crippen LogP contribution in [-0.4, -0.2) is 6.04 Å². The van der Waals surface area contributed by atoms with Crippen LogP contribution in [0, 0.1) is 16.7 Å². The summed E-state index contributed by atoms with van der Waals surface area (Å²) in [5.74, 6) is 0. The molecule has 0 atom stereocenters. The Bertz CT molecular complexity index is 516. The van der Waals surface area contributed by atoms with Gasteiger partial charge in [-0.3, -0.25) is 0 Å². The van der Waals surface area contributed by atoms with E-state index < -0.39 is 0 Å². The van der Waals surface area contributed by atoms with Gasteiger partial charge >= 0.3 is 0 Å². The molecule has 0 saturated heterocycles. The second-order valence-electron chi connectivity index (χ2n) is 6.43. The highest BCUT2D eigenvalue weighted by Gasteiger charge is 2.37. The van der Waals surface area contributed by atoms with Crippen molar-refractivity contribution in [1.82, 2.24) is 0 Å². The molecule has 0 amide bonds. The molecule has 0 aliphatic heterocycles. The van der Waals surface area contributed by atoms with Gasteiger partial charge < -0.3 is 5.32 Å². The second-order valence-corrected chi connectivity index (χ2v) is 6.84. The zero-order valence-corrected chi connectivity index (χ0v) is 12.5. The third-order valence-electron chi connectivity index (χ3n) is 5.17. The van der Waals surface area contributed by atoms with E-state index in [2.05, 4.69) is 11.4 Å². The van der Waals surface area contributed by atoms with Gasteiger partial charge in [-0.15, -0.1) is 0 Å². The normalized spacial score (nSPS) is 21.8. The van der Waals surface area contributed by atoms with E-state index in [1.54, 1.807) is 6.07 Å². The Hall–Kier alpha value is -1.20. The van der Waals surface area contributed by atoms with Crippen LogP contribution in [0.5, 0.6) is 0 Å². The quantitative estimate of drug-likeness (QED) is 0.819. The molecule has 2 fully saturated rings. The van der Waals surface area contributed by atoms with Crippen molar-refractivity contribution in [3.8, 4) is 6.07 Å². The topological polar surface area (TPSA) is 35.8 Å². The molecule has 0 unspecified atom stereocenters. The number of nitrogens with zero attached hydrogens (tertiary/aromatic N) is 1. The SMILES string of the molecule is N#Cc1ccc(NC2CCC3(CCCC3)CC2)cc1Cl. The van der Waals surface area contributed by atoms with Crippen molar-refractivity contribution in [2.24, 2.45) is 5.41 Å². The van der Waals surface area contributed by atoms with Gasteiger partial charge in [0.15, 0.2) is 0 Å². The van der Waals surface area contributed by atoms with Gasteiger partial charge in [0.2, 0.25) is 0 Å². The molecule has 1 spiro atoms. The van der Waals surface area contributed by atoms with Crippen LogP contribution < -0.4 is 5.32 Å². The highest BCUT2D eigenvalue weighted by molar-refractivity contribution is 6.32. The number of anilines is 1. The van der Waals surface area contributed by atoms with Crippen LogP contribution in [0.25, 0.3) is 0 Å². The Morgan fingerprint density at radius 3 is 2.45 bits per heavy atom. The zero-order chi connectivity index (χ0) is 14.0. The van der Waals surface area contributed by atoms with Crippen LogP contribution in [0.15, 0.2) is 18.2 Å². The van der Waals surface area contributed by atoms with E-state index in [-0.39, 0.29) is 0 Å². The minimum absolute atomic E-state index is 0.542. The Morgan fingerprint density at radius 1 is 1.15 bits per heavy atom. The van der Waals surface area contributed by atoms with Crippen LogP contribution in [0.2, 0.25) is 5.02 Å². The molecule has 2 nitrogen and oxygen atoms in total. The Morgan fingerprint density at radius 2 is 1.85 bits per heavy atom. The number of rotatable bonds is 2. The number of nitriles is 1. The molecule has 2 aliphatic rings. The number of nitrogens with one attached hydrogen (secondary N) is 1. The Kier molecular flexibility index (Phi) is 3.89. The largest absolute Gasteiger partial charge is 0.382 e. The number of benzene rings is 1. The maximum atomic E-state index is 8.89. The fourth-order valence-corrected chi connectivity index (χ4v) is 4.15. The van der Waals surface area contributed by atoms with Crippen molar-refractivity contribution in [3.05, 3.63) is 28.8 Å². The monoisotopic (exact) mass is 288 g/mol. The van der Waals surface area contributed by atoms with Gasteiger partial charge in [0.05, 0.1) is 10.6 Å². The first-order chi connectivity index (χ1) is 9.71. The molecule has 1 N–H and O–H groups in total. The second kappa shape index (κ2) is 5.66. The molecule has 3 rings (SSSR count). The molecule has 2 saturated carbocycles. The van der Waals surface area contributed by atoms with Crippen molar-refractivity contribution in [3.63, 3.8) is 0 Å². The van der Waals surface area contributed by atoms with E-state index in [0.29, 0.717) is 22.0 Å². The zero-order valence-electron chi connectivity index (χ0n) is 11.8. The van der Waals surface area contributed by atoms with E-state index in [1.807, 2.05) is 12.1 Å². The smallest absolute Gasteiger partial charge is 0.101 e. The Balaban J connectivity index is 1.59. The van der Waals surface area contributed by atoms with Crippen LogP contribution in [0.1, 0.15) is 56.9 Å². The van der Waals surface area contributed by atoms with Crippen molar-refractivity contribution < 1.29 is 0 Å². The fourth-order valence-electron chi connectivity index (χ4n) is 3.93. The van der Waals surface area contributed by atoms with Crippen LogP contribution >= 0.6 is 11.6 Å². The van der Waals surface area contributed by atoms with Crippen molar-refractivity contribution in [2.75, 3.05) is 5.32 Å². The van der Waals surface area contributed by atoms with Crippen molar-refractivity contribution in [1.29, 1.82) is 5.26 Å². The molecule has 0 bridgehead atoms. The molecule has 0 heterocycles. The van der Waals surface area contributed by atoms with Crippen LogP contribution in [0.4, 0.5) is 5.69 Å². The first kappa shape index (κ1) is 13.8. The van der Waals surface area contributed by atoms with Crippen molar-refractivity contribution >= 4 is 17.3 Å². The van der Waals surface area contributed by atoms with Gasteiger partial charge in [-0.25, -0.2) is 0 Å². The third-order valence-corrected chi connectivity index (χ3v) is 5.48. The summed E-state index contributed by atoms with van der Waals surface area (Å²) in [5, 5.41) is 13.0. The highest BCUT2D eigenvalue weighted by atomic mass is 35.5. The van der Waals surface area contributed by atoms with Gasteiger partial charge in [0.1, 0.15) is 6.07 Å². The Labute approximate surface area is 126 Å². The average Bonchev–Trinajstić information content (AvgIpc) is 2.90. The predicted octanol–water partition coefficient (Wildman–Crippen LogP) is 5.13. The van der Waals surface area contributed by atoms with Crippen LogP contribution in [-0.2, 0) is 0 Å². The maximum Gasteiger partial charge on any atom is 0.101 e. The summed E-state index contributed by atoms with van der Waals surface area (Å²) in [6, 6.07) is 8.29. The summed E-state index contributed by atoms with van der Waals surface area (Å²) in [7, 11) is 0. The molecular formula is C17H21ClN2. The first-order valence-electron chi connectivity index (χ1n) is 7.67. The molecule has 3 heteroatoms. The summed E-state index contributed by atoms with van der Waals surface area (Å²) >= 11 is 6.08. The summed E-state index contributed by atoms with van der Waals surface area (Å²) in [4.78, 5) is 0. The van der Waals surface area contributed by atoms with Gasteiger partial charge in [-0.2, -0.15) is 5.26 Å². The van der Waals surface area contributed by atoms with E-state index in [1.165, 1.54) is 51.4 Å². The van der Waals surface area contributed by atoms with E-state index >= 15 is 0 Å². The molecule has 1 aromatic rings. The third kappa shape index (κ3) is 2.79. The fraction of sp³-hybridized carbons (Fsp3) is 0.588. The maximum absolute atomic E-state index is 8.89. The number of hydrogen-bond donors (Lipinski definition) is 1. The van der Waals surface area contributed by atoms with Crippen LogP contribution in [0.3, 0.4) is 0 Å². The lowest BCUT2D eigenvalue weighted by Gasteiger charge is -2.37. The lowest BCUT2D eigenvalue weighted by atomic mass is 9.71. The highest BCUT2D eigenvalue weighted by Crippen LogP contribution is 2.49. The van der Waals surface area contributed by atoms with Gasteiger partial charge in [-0.1, -0.05) is 24.4 Å². The average molecular weight is 289 g/mol. The lowest BCUT2D eigenvalue weighted by Crippen LogP contribution is -2.31. The first-order valence-corrected chi connectivity index (χ1v) is 8.05. The number of hydrogen-bond acceptors (Lipinski definition) is 2. The summed E-state index contributed by atoms with van der Waals surface area (Å²) < 4.78 is 0. The lowest BCUT2D eigenvalue weighted by molar-refractivity contribution is 0.188. The van der Waals surface area contributed by atoms with Gasteiger partial charge in [0.25, 0.3) is 0 Å². The van der Waals surface area contributed by atoms with Gasteiger partial charge in [-0.05, 0) is 62.1 Å². The minimum atomic E-state index is 0.542. The molecule has 0 radical (unpaired) electrons. The number of halogens is 1. The summed E-state index contributed by atoms with van der Waals surface area (Å²) in [6.07, 6.45) is 11.0. The molecule has 0 aromatic heterocycles.